The maximum Gasteiger partial charge on any atom is 0.338 e. The van der Waals surface area contributed by atoms with Crippen LogP contribution >= 0.6 is 0 Å². The summed E-state index contributed by atoms with van der Waals surface area (Å²) in [6.45, 7) is 5.30. The number of halogens is 1. The first kappa shape index (κ1) is 10.2. The molecule has 1 aromatic carbocycles. The van der Waals surface area contributed by atoms with E-state index in [4.69, 9.17) is 10.8 Å². The van der Waals surface area contributed by atoms with E-state index in [0.29, 0.717) is 11.1 Å². The lowest BCUT2D eigenvalue weighted by atomic mass is 10.0. The first-order chi connectivity index (χ1) is 6.43. The van der Waals surface area contributed by atoms with Crippen LogP contribution < -0.4 is 5.73 Å². The van der Waals surface area contributed by atoms with Gasteiger partial charge >= 0.3 is 5.97 Å². The molecule has 0 saturated heterocycles. The third kappa shape index (κ3) is 1.74. The summed E-state index contributed by atoms with van der Waals surface area (Å²) in [5.41, 5.74) is 6.36. The molecule has 0 bridgehead atoms. The molecule has 3 nitrogen and oxygen atoms in total. The largest absolute Gasteiger partial charge is 0.478 e. The van der Waals surface area contributed by atoms with Gasteiger partial charge in [-0.2, -0.15) is 0 Å². The van der Waals surface area contributed by atoms with Crippen molar-refractivity contribution >= 4 is 17.2 Å². The average molecular weight is 195 g/mol. The van der Waals surface area contributed by atoms with Gasteiger partial charge in [0.2, 0.25) is 0 Å². The quantitative estimate of drug-likeness (QED) is 0.710. The van der Waals surface area contributed by atoms with Gasteiger partial charge in [-0.05, 0) is 24.6 Å². The highest BCUT2D eigenvalue weighted by molar-refractivity contribution is 5.90. The Kier molecular flexibility index (Phi) is 2.56. The van der Waals surface area contributed by atoms with Crippen LogP contribution in [0.1, 0.15) is 22.8 Å². The molecule has 4 heteroatoms. The van der Waals surface area contributed by atoms with Crippen LogP contribution in [0.15, 0.2) is 18.7 Å². The van der Waals surface area contributed by atoms with Gasteiger partial charge in [-0.3, -0.25) is 0 Å². The molecule has 1 aromatic rings. The van der Waals surface area contributed by atoms with Crippen LogP contribution in [0.2, 0.25) is 0 Å². The Bertz CT molecular complexity index is 378. The van der Waals surface area contributed by atoms with Gasteiger partial charge in [-0.25, -0.2) is 9.18 Å². The SMILES string of the molecule is C=C(C)c1cc(C(=O)O)c(F)cc1N. The van der Waals surface area contributed by atoms with Crippen molar-refractivity contribution in [2.24, 2.45) is 0 Å². The molecule has 1 rings (SSSR count). The van der Waals surface area contributed by atoms with E-state index in [1.54, 1.807) is 6.92 Å². The second kappa shape index (κ2) is 3.49. The Morgan fingerprint density at radius 1 is 1.50 bits per heavy atom. The molecule has 0 heterocycles. The number of benzene rings is 1. The van der Waals surface area contributed by atoms with Crippen LogP contribution in [0.5, 0.6) is 0 Å². The van der Waals surface area contributed by atoms with Gasteiger partial charge in [-0.15, -0.1) is 0 Å². The van der Waals surface area contributed by atoms with Gasteiger partial charge in [-0.1, -0.05) is 6.58 Å². The number of carboxylic acids is 1. The van der Waals surface area contributed by atoms with Gasteiger partial charge in [0.05, 0.1) is 5.56 Å². The fraction of sp³-hybridized carbons (Fsp3) is 0.100. The van der Waals surface area contributed by atoms with E-state index in [1.807, 2.05) is 0 Å². The van der Waals surface area contributed by atoms with Crippen molar-refractivity contribution in [2.75, 3.05) is 5.73 Å². The minimum Gasteiger partial charge on any atom is -0.478 e. The first-order valence-electron chi connectivity index (χ1n) is 3.91. The smallest absolute Gasteiger partial charge is 0.338 e. The maximum absolute atomic E-state index is 13.1. The normalized spacial score (nSPS) is 9.86. The number of nitrogen functional groups attached to an aromatic ring is 1. The molecule has 3 N–H and O–H groups in total. The summed E-state index contributed by atoms with van der Waals surface area (Å²) < 4.78 is 13.1. The molecule has 74 valence electrons. The first-order valence-corrected chi connectivity index (χ1v) is 3.91. The Morgan fingerprint density at radius 3 is 2.50 bits per heavy atom. The van der Waals surface area contributed by atoms with E-state index in [9.17, 15) is 9.18 Å². The van der Waals surface area contributed by atoms with Crippen molar-refractivity contribution in [3.63, 3.8) is 0 Å². The number of hydrogen-bond donors (Lipinski definition) is 2. The van der Waals surface area contributed by atoms with Crippen LogP contribution in [0.25, 0.3) is 5.57 Å². The van der Waals surface area contributed by atoms with Crippen molar-refractivity contribution < 1.29 is 14.3 Å². The van der Waals surface area contributed by atoms with Crippen molar-refractivity contribution in [1.29, 1.82) is 0 Å². The van der Waals surface area contributed by atoms with Gasteiger partial charge in [0.25, 0.3) is 0 Å². The molecule has 0 fully saturated rings. The van der Waals surface area contributed by atoms with E-state index >= 15 is 0 Å². The molecule has 0 aliphatic carbocycles. The summed E-state index contributed by atoms with van der Waals surface area (Å²) in [5.74, 6) is -2.15. The predicted molar refractivity (Wildman–Crippen MR) is 52.5 cm³/mol. The van der Waals surface area contributed by atoms with E-state index < -0.39 is 17.3 Å². The molecular formula is C10H10FNO2. The molecule has 0 atom stereocenters. The van der Waals surface area contributed by atoms with E-state index in [1.165, 1.54) is 6.07 Å². The molecule has 0 unspecified atom stereocenters. The minimum absolute atomic E-state index is 0.194. The monoisotopic (exact) mass is 195 g/mol. The van der Waals surface area contributed by atoms with Gasteiger partial charge in [0.15, 0.2) is 0 Å². The predicted octanol–water partition coefficient (Wildman–Crippen LogP) is 2.14. The second-order valence-electron chi connectivity index (χ2n) is 3.00. The Labute approximate surface area is 80.7 Å². The van der Waals surface area contributed by atoms with Gasteiger partial charge < -0.3 is 10.8 Å². The Hall–Kier alpha value is -1.84. The zero-order valence-electron chi connectivity index (χ0n) is 7.67. The summed E-state index contributed by atoms with van der Waals surface area (Å²) in [4.78, 5) is 10.6. The minimum atomic E-state index is -1.31. The summed E-state index contributed by atoms with van der Waals surface area (Å²) in [5, 5.41) is 8.65. The average Bonchev–Trinajstić information content (AvgIpc) is 2.02. The van der Waals surface area contributed by atoms with Crippen LogP contribution in [0, 0.1) is 5.82 Å². The van der Waals surface area contributed by atoms with Crippen molar-refractivity contribution in [3.05, 3.63) is 35.7 Å². The Balaban J connectivity index is 3.42. The number of carboxylic acid groups (broad SMARTS) is 1. The van der Waals surface area contributed by atoms with Gasteiger partial charge in [0.1, 0.15) is 5.82 Å². The molecule has 0 aliphatic heterocycles. The van der Waals surface area contributed by atoms with Crippen LogP contribution in [-0.4, -0.2) is 11.1 Å². The molecule has 0 aromatic heterocycles. The fourth-order valence-electron chi connectivity index (χ4n) is 1.12. The molecular weight excluding hydrogens is 185 g/mol. The van der Waals surface area contributed by atoms with Crippen LogP contribution in [0.3, 0.4) is 0 Å². The lowest BCUT2D eigenvalue weighted by Gasteiger charge is -2.06. The highest BCUT2D eigenvalue weighted by Crippen LogP contribution is 2.23. The van der Waals surface area contributed by atoms with E-state index in [2.05, 4.69) is 6.58 Å². The lowest BCUT2D eigenvalue weighted by molar-refractivity contribution is 0.0692. The number of allylic oxidation sites excluding steroid dienone is 1. The molecule has 0 aliphatic rings. The van der Waals surface area contributed by atoms with E-state index in [0.717, 1.165) is 6.07 Å². The number of rotatable bonds is 2. The number of hydrogen-bond acceptors (Lipinski definition) is 2. The van der Waals surface area contributed by atoms with Crippen molar-refractivity contribution in [2.45, 2.75) is 6.92 Å². The summed E-state index contributed by atoms with van der Waals surface area (Å²) in [6, 6.07) is 2.18. The lowest BCUT2D eigenvalue weighted by Crippen LogP contribution is -2.04. The number of aromatic carboxylic acids is 1. The van der Waals surface area contributed by atoms with Crippen molar-refractivity contribution in [1.82, 2.24) is 0 Å². The van der Waals surface area contributed by atoms with Gasteiger partial charge in [0, 0.05) is 11.3 Å². The summed E-state index contributed by atoms with van der Waals surface area (Å²) >= 11 is 0. The maximum atomic E-state index is 13.1. The molecule has 0 amide bonds. The van der Waals surface area contributed by atoms with Crippen LogP contribution in [0.4, 0.5) is 10.1 Å². The molecule has 14 heavy (non-hydrogen) atoms. The molecule has 0 saturated carbocycles. The van der Waals surface area contributed by atoms with Crippen LogP contribution in [-0.2, 0) is 0 Å². The van der Waals surface area contributed by atoms with E-state index in [-0.39, 0.29) is 5.69 Å². The third-order valence-corrected chi connectivity index (χ3v) is 1.83. The fourth-order valence-corrected chi connectivity index (χ4v) is 1.12. The number of nitrogens with two attached hydrogens (primary N) is 1. The third-order valence-electron chi connectivity index (χ3n) is 1.83. The highest BCUT2D eigenvalue weighted by Gasteiger charge is 2.13. The standard InChI is InChI=1S/C10H10FNO2/c1-5(2)6-3-7(10(13)14)8(11)4-9(6)12/h3-4H,1,12H2,2H3,(H,13,14). The molecule has 0 spiro atoms. The topological polar surface area (TPSA) is 63.3 Å². The summed E-state index contributed by atoms with van der Waals surface area (Å²) in [7, 11) is 0. The zero-order chi connectivity index (χ0) is 10.9. The second-order valence-corrected chi connectivity index (χ2v) is 3.00. The summed E-state index contributed by atoms with van der Waals surface area (Å²) in [6.07, 6.45) is 0. The number of anilines is 1. The highest BCUT2D eigenvalue weighted by atomic mass is 19.1. The number of carbonyl (C=O) groups is 1. The zero-order valence-corrected chi connectivity index (χ0v) is 7.67. The molecule has 0 radical (unpaired) electrons. The Morgan fingerprint density at radius 2 is 2.07 bits per heavy atom. The van der Waals surface area contributed by atoms with Crippen molar-refractivity contribution in [3.8, 4) is 0 Å².